The zero-order valence-electron chi connectivity index (χ0n) is 35.0. The predicted molar refractivity (Wildman–Crippen MR) is 213 cm³/mol. The van der Waals surface area contributed by atoms with E-state index in [1.807, 2.05) is 41.0 Å². The number of aromatic nitrogens is 2. The maximum atomic E-state index is 8.98. The van der Waals surface area contributed by atoms with Gasteiger partial charge in [0.05, 0.1) is 16.5 Å². The molecule has 0 saturated heterocycles. The second kappa shape index (κ2) is 12.2. The van der Waals surface area contributed by atoms with E-state index in [0.29, 0.717) is 39.1 Å². The van der Waals surface area contributed by atoms with Crippen LogP contribution in [0.3, 0.4) is 0 Å². The van der Waals surface area contributed by atoms with Crippen LogP contribution in [0.15, 0.2) is 95.5 Å². The van der Waals surface area contributed by atoms with E-state index in [-0.39, 0.29) is 45.8 Å². The maximum absolute atomic E-state index is 8.98. The highest BCUT2D eigenvalue weighted by Crippen LogP contribution is 2.45. The Morgan fingerprint density at radius 2 is 1.24 bits per heavy atom. The largest absolute Gasteiger partial charge is 0.457 e. The summed E-state index contributed by atoms with van der Waals surface area (Å²) in [4.78, 5) is 4.73. The van der Waals surface area contributed by atoms with Crippen LogP contribution >= 0.6 is 15.9 Å². The van der Waals surface area contributed by atoms with Crippen molar-refractivity contribution in [2.45, 2.75) is 105 Å². The van der Waals surface area contributed by atoms with Crippen LogP contribution in [0.25, 0.3) is 38.8 Å². The first-order valence-electron chi connectivity index (χ1n) is 19.1. The molecule has 0 aliphatic rings. The van der Waals surface area contributed by atoms with Crippen molar-refractivity contribution in [2.75, 3.05) is 0 Å². The number of pyridine rings is 1. The van der Waals surface area contributed by atoms with E-state index in [1.54, 1.807) is 6.20 Å². The summed E-state index contributed by atoms with van der Waals surface area (Å²) < 4.78 is 44.3. The van der Waals surface area contributed by atoms with E-state index in [2.05, 4.69) is 123 Å². The normalized spacial score (nSPS) is 14.1. The van der Waals surface area contributed by atoms with Gasteiger partial charge < -0.3 is 4.74 Å². The fourth-order valence-electron chi connectivity index (χ4n) is 6.48. The fraction of sp³-hybridized carbons (Fsp3) is 0.356. The molecule has 0 N–H and O–H groups in total. The third-order valence-electron chi connectivity index (χ3n) is 9.23. The number of para-hydroxylation sites is 1. The molecule has 0 radical (unpaired) electrons. The summed E-state index contributed by atoms with van der Waals surface area (Å²) in [6.45, 7) is 26.9. The molecular weight excluding hydrogens is 664 g/mol. The lowest BCUT2D eigenvalue weighted by molar-refractivity contribution is 0.483. The molecule has 2 aromatic heterocycles. The van der Waals surface area contributed by atoms with E-state index in [4.69, 9.17) is 15.2 Å². The Kier molecular flexibility index (Phi) is 7.44. The third-order valence-corrected chi connectivity index (χ3v) is 9.69. The van der Waals surface area contributed by atoms with Crippen molar-refractivity contribution in [3.05, 3.63) is 118 Å². The molecule has 4 aromatic carbocycles. The number of hydrogen-bond acceptors (Lipinski definition) is 2. The van der Waals surface area contributed by atoms with Crippen molar-refractivity contribution in [2.24, 2.45) is 0 Å². The van der Waals surface area contributed by atoms with Crippen molar-refractivity contribution in [3.63, 3.8) is 0 Å². The first kappa shape index (κ1) is 30.0. The van der Waals surface area contributed by atoms with Gasteiger partial charge in [0.15, 0.2) is 0 Å². The van der Waals surface area contributed by atoms with Crippen molar-refractivity contribution in [1.29, 1.82) is 0 Å². The number of rotatable bonds is 4. The van der Waals surface area contributed by atoms with E-state index in [0.717, 1.165) is 15.6 Å². The molecule has 0 atom stereocenters. The smallest absolute Gasteiger partial charge is 0.137 e. The van der Waals surface area contributed by atoms with Crippen LogP contribution in [0.4, 0.5) is 0 Å². The molecule has 0 aliphatic carbocycles. The maximum Gasteiger partial charge on any atom is 0.137 e. The molecule has 4 heteroatoms. The van der Waals surface area contributed by atoms with Crippen LogP contribution in [0.1, 0.15) is 111 Å². The molecule has 6 aromatic rings. The van der Waals surface area contributed by atoms with Crippen LogP contribution in [0.2, 0.25) is 0 Å². The van der Waals surface area contributed by atoms with E-state index >= 15 is 0 Å². The van der Waals surface area contributed by atoms with Gasteiger partial charge in [-0.2, -0.15) is 0 Å². The van der Waals surface area contributed by atoms with Gasteiger partial charge in [-0.05, 0) is 104 Å². The minimum absolute atomic E-state index is 0.0132. The van der Waals surface area contributed by atoms with E-state index in [1.165, 1.54) is 22.3 Å². The predicted octanol–water partition coefficient (Wildman–Crippen LogP) is 13.6. The molecule has 254 valence electrons. The molecule has 6 rings (SSSR count). The Morgan fingerprint density at radius 1 is 0.612 bits per heavy atom. The molecule has 0 spiro atoms. The molecule has 0 unspecified atom stereocenters. The number of ether oxygens (including phenoxy) is 1. The van der Waals surface area contributed by atoms with Gasteiger partial charge in [-0.25, -0.2) is 4.98 Å². The summed E-state index contributed by atoms with van der Waals surface area (Å²) in [7, 11) is 0. The van der Waals surface area contributed by atoms with Crippen molar-refractivity contribution >= 4 is 37.7 Å². The van der Waals surface area contributed by atoms with Gasteiger partial charge in [-0.1, -0.05) is 129 Å². The summed E-state index contributed by atoms with van der Waals surface area (Å²) in [6.07, 6.45) is 1.76. The molecule has 0 fully saturated rings. The van der Waals surface area contributed by atoms with Crippen LogP contribution in [0.5, 0.6) is 11.5 Å². The van der Waals surface area contributed by atoms with E-state index < -0.39 is 0 Å². The Balaban J connectivity index is 1.58. The second-order valence-electron chi connectivity index (χ2n) is 17.4. The summed E-state index contributed by atoms with van der Waals surface area (Å²) in [5.74, 6) is 1.81. The van der Waals surface area contributed by atoms with Crippen LogP contribution in [0, 0.1) is 0 Å². The van der Waals surface area contributed by atoms with Crippen molar-refractivity contribution < 1.29 is 10.2 Å². The third kappa shape index (κ3) is 6.95. The lowest BCUT2D eigenvalue weighted by Gasteiger charge is -2.34. The molecule has 0 amide bonds. The minimum atomic E-state index is -0.281. The Morgan fingerprint density at radius 3 is 1.86 bits per heavy atom. The monoisotopic (exact) mass is 718 g/mol. The van der Waals surface area contributed by atoms with Crippen molar-refractivity contribution in [1.82, 2.24) is 9.55 Å². The van der Waals surface area contributed by atoms with Gasteiger partial charge in [0.2, 0.25) is 0 Å². The highest BCUT2D eigenvalue weighted by molar-refractivity contribution is 9.10. The first-order chi connectivity index (χ1) is 24.4. The second-order valence-corrected chi connectivity index (χ2v) is 18.3. The highest BCUT2D eigenvalue weighted by Gasteiger charge is 2.30. The molecule has 0 bridgehead atoms. The topological polar surface area (TPSA) is 27.1 Å². The lowest BCUT2D eigenvalue weighted by atomic mass is 9.71. The summed E-state index contributed by atoms with van der Waals surface area (Å²) in [5, 5.41) is 1.15. The SMILES string of the molecule is [2H]c1c([2H])c([2H])c2c(c1[2H])c1ccc(Oc3cc(Br)cc(-c4c(C(C)(C)C)cc(C(C)(C)C)cc4C(C)(C)C)c3)cc1n2-c1cc(C(C)(C)C)ccn1. The van der Waals surface area contributed by atoms with Gasteiger partial charge in [0, 0.05) is 27.5 Å². The Labute approximate surface area is 307 Å². The molecule has 3 nitrogen and oxygen atoms in total. The quantitative estimate of drug-likeness (QED) is 0.181. The van der Waals surface area contributed by atoms with Gasteiger partial charge >= 0.3 is 0 Å². The van der Waals surface area contributed by atoms with Crippen LogP contribution < -0.4 is 4.74 Å². The van der Waals surface area contributed by atoms with Crippen molar-refractivity contribution in [3.8, 4) is 28.4 Å². The number of hydrogen-bond donors (Lipinski definition) is 0. The molecule has 49 heavy (non-hydrogen) atoms. The number of nitrogens with zero attached hydrogens (tertiary/aromatic N) is 2. The number of fused-ring (bicyclic) bond motifs is 3. The van der Waals surface area contributed by atoms with Gasteiger partial charge in [0.25, 0.3) is 0 Å². The van der Waals surface area contributed by atoms with Crippen LogP contribution in [-0.2, 0) is 21.7 Å². The average molecular weight is 720 g/mol. The Hall–Kier alpha value is -3.89. The zero-order chi connectivity index (χ0) is 39.2. The minimum Gasteiger partial charge on any atom is -0.457 e. The first-order valence-corrected chi connectivity index (χ1v) is 17.9. The van der Waals surface area contributed by atoms with Gasteiger partial charge in [0.1, 0.15) is 17.3 Å². The average Bonchev–Trinajstić information content (AvgIpc) is 3.38. The standard InChI is InChI=1S/C45H51BrN2O/c1-42(2,3)29-19-20-47-40(25-29)48-38-16-14-13-15-34(38)35-18-17-32(27-39(35)48)49-33-22-28(21-31(46)26-33)41-36(44(7,8)9)23-30(43(4,5)6)24-37(41)45(10,11)12/h13-27H,1-12H3/i13D,14D,15D,16D. The Bertz CT molecular complexity index is 2380. The van der Waals surface area contributed by atoms with Gasteiger partial charge in [-0.3, -0.25) is 4.57 Å². The summed E-state index contributed by atoms with van der Waals surface area (Å²) in [5.41, 5.74) is 7.88. The molecule has 0 aliphatic heterocycles. The number of benzene rings is 4. The lowest BCUT2D eigenvalue weighted by Crippen LogP contribution is -2.23. The molecule has 0 saturated carbocycles. The van der Waals surface area contributed by atoms with Crippen LogP contribution in [-0.4, -0.2) is 9.55 Å². The highest BCUT2D eigenvalue weighted by atomic mass is 79.9. The zero-order valence-corrected chi connectivity index (χ0v) is 32.6. The summed E-state index contributed by atoms with van der Waals surface area (Å²) in [6, 6.07) is 19.9. The van der Waals surface area contributed by atoms with Gasteiger partial charge in [-0.15, -0.1) is 0 Å². The molecule has 2 heterocycles. The fourth-order valence-corrected chi connectivity index (χ4v) is 6.95. The van der Waals surface area contributed by atoms with E-state index in [9.17, 15) is 0 Å². The molecular formula is C45H51BrN2O. The summed E-state index contributed by atoms with van der Waals surface area (Å²) >= 11 is 3.81. The number of halogens is 1.